The van der Waals surface area contributed by atoms with Crippen molar-refractivity contribution in [3.63, 3.8) is 0 Å². The number of aromatic nitrogens is 2. The van der Waals surface area contributed by atoms with E-state index >= 15 is 0 Å². The van der Waals surface area contributed by atoms with Gasteiger partial charge in [0.2, 0.25) is 0 Å². The Hall–Kier alpha value is -3.88. The molecule has 0 aliphatic heterocycles. The molecule has 8 heteroatoms. The van der Waals surface area contributed by atoms with Gasteiger partial charge in [0.15, 0.2) is 5.16 Å². The summed E-state index contributed by atoms with van der Waals surface area (Å²) in [6.45, 7) is 0. The van der Waals surface area contributed by atoms with Crippen molar-refractivity contribution in [2.75, 3.05) is 0 Å². The molecule has 0 atom stereocenters. The lowest BCUT2D eigenvalue weighted by atomic mass is 10.2. The number of thioether (sulfide) groups is 1. The van der Waals surface area contributed by atoms with Gasteiger partial charge in [-0.25, -0.2) is 4.98 Å². The van der Waals surface area contributed by atoms with Crippen molar-refractivity contribution in [1.29, 1.82) is 0 Å². The third-order valence-electron chi connectivity index (χ3n) is 5.27. The summed E-state index contributed by atoms with van der Waals surface area (Å²) in [7, 11) is -4.04. The molecular formula is C27H20N2O4S2. The first-order chi connectivity index (χ1) is 17.0. The summed E-state index contributed by atoms with van der Waals surface area (Å²) in [5, 5.41) is 0.807. The van der Waals surface area contributed by atoms with Crippen molar-refractivity contribution < 1.29 is 12.6 Å². The largest absolute Gasteiger partial charge is 0.379 e. The Bertz CT molecular complexity index is 1640. The Kier molecular flexibility index (Phi) is 6.39. The van der Waals surface area contributed by atoms with Gasteiger partial charge in [-0.1, -0.05) is 78.5 Å². The molecule has 0 radical (unpaired) electrons. The first-order valence-electron chi connectivity index (χ1n) is 10.8. The standard InChI is InChI=1S/C27H20N2O4S2/c30-26-24-18-22(33-35(31,32)23-14-8-3-9-15-23)16-17-25(24)28-27(29(26)21-12-6-2-7-13-21)34-19-20-10-4-1-5-11-20/h1-18H,19H2. The predicted octanol–water partition coefficient (Wildman–Crippen LogP) is 5.45. The number of nitrogens with zero attached hydrogens (tertiary/aromatic N) is 2. The molecule has 0 aliphatic carbocycles. The Morgan fingerprint density at radius 2 is 1.43 bits per heavy atom. The highest BCUT2D eigenvalue weighted by Crippen LogP contribution is 2.27. The van der Waals surface area contributed by atoms with Gasteiger partial charge >= 0.3 is 10.1 Å². The summed E-state index contributed by atoms with van der Waals surface area (Å²) in [4.78, 5) is 18.4. The van der Waals surface area contributed by atoms with Gasteiger partial charge in [-0.3, -0.25) is 9.36 Å². The van der Waals surface area contributed by atoms with E-state index in [4.69, 9.17) is 9.17 Å². The van der Waals surface area contributed by atoms with Gasteiger partial charge in [-0.15, -0.1) is 0 Å². The Morgan fingerprint density at radius 3 is 2.11 bits per heavy atom. The van der Waals surface area contributed by atoms with Crippen LogP contribution in [0.1, 0.15) is 5.56 Å². The average Bonchev–Trinajstić information content (AvgIpc) is 2.89. The van der Waals surface area contributed by atoms with Crippen molar-refractivity contribution in [1.82, 2.24) is 9.55 Å². The summed E-state index contributed by atoms with van der Waals surface area (Å²) in [6, 6.07) is 31.6. The first kappa shape index (κ1) is 22.9. The normalized spacial score (nSPS) is 11.4. The van der Waals surface area contributed by atoms with E-state index in [2.05, 4.69) is 0 Å². The van der Waals surface area contributed by atoms with E-state index in [9.17, 15) is 13.2 Å². The van der Waals surface area contributed by atoms with Gasteiger partial charge in [-0.05, 0) is 48.0 Å². The monoisotopic (exact) mass is 500 g/mol. The number of fused-ring (bicyclic) bond motifs is 1. The maximum absolute atomic E-state index is 13.7. The maximum Gasteiger partial charge on any atom is 0.339 e. The lowest BCUT2D eigenvalue weighted by molar-refractivity contribution is 0.486. The second kappa shape index (κ2) is 9.77. The predicted molar refractivity (Wildman–Crippen MR) is 138 cm³/mol. The van der Waals surface area contributed by atoms with Crippen LogP contribution in [-0.4, -0.2) is 18.0 Å². The zero-order valence-corrected chi connectivity index (χ0v) is 20.1. The first-order valence-corrected chi connectivity index (χ1v) is 13.2. The van der Waals surface area contributed by atoms with Gasteiger partial charge in [-0.2, -0.15) is 8.42 Å². The van der Waals surface area contributed by atoms with Gasteiger partial charge in [0.05, 0.1) is 16.6 Å². The van der Waals surface area contributed by atoms with E-state index in [1.165, 1.54) is 36.0 Å². The van der Waals surface area contributed by atoms with Gasteiger partial charge < -0.3 is 4.18 Å². The molecule has 35 heavy (non-hydrogen) atoms. The van der Waals surface area contributed by atoms with Gasteiger partial charge in [0.1, 0.15) is 10.6 Å². The van der Waals surface area contributed by atoms with E-state index in [0.29, 0.717) is 22.1 Å². The van der Waals surface area contributed by atoms with Crippen LogP contribution in [0.4, 0.5) is 0 Å². The van der Waals surface area contributed by atoms with Crippen LogP contribution in [0, 0.1) is 0 Å². The number of benzene rings is 4. The van der Waals surface area contributed by atoms with Gasteiger partial charge in [0.25, 0.3) is 5.56 Å². The molecule has 6 nitrogen and oxygen atoms in total. The summed E-state index contributed by atoms with van der Waals surface area (Å²) in [5.41, 5.74) is 1.94. The minimum atomic E-state index is -4.04. The highest BCUT2D eigenvalue weighted by Gasteiger charge is 2.18. The molecule has 174 valence electrons. The zero-order chi connectivity index (χ0) is 24.3. The zero-order valence-electron chi connectivity index (χ0n) is 18.4. The highest BCUT2D eigenvalue weighted by molar-refractivity contribution is 7.98. The third kappa shape index (κ3) is 4.99. The maximum atomic E-state index is 13.7. The lowest BCUT2D eigenvalue weighted by Gasteiger charge is -2.14. The number of hydrogen-bond donors (Lipinski definition) is 0. The molecule has 0 N–H and O–H groups in total. The van der Waals surface area contributed by atoms with Crippen LogP contribution in [0.3, 0.4) is 0 Å². The fourth-order valence-electron chi connectivity index (χ4n) is 3.58. The minimum Gasteiger partial charge on any atom is -0.379 e. The van der Waals surface area contributed by atoms with Crippen LogP contribution in [0.25, 0.3) is 16.6 Å². The SMILES string of the molecule is O=c1c2cc(OS(=O)(=O)c3ccccc3)ccc2nc(SCc2ccccc2)n1-c1ccccc1. The molecule has 5 aromatic rings. The molecule has 0 unspecified atom stereocenters. The van der Waals surface area contributed by atoms with Crippen molar-refractivity contribution in [2.24, 2.45) is 0 Å². The van der Waals surface area contributed by atoms with Crippen LogP contribution < -0.4 is 9.74 Å². The minimum absolute atomic E-state index is 0.0348. The molecule has 0 aliphatic rings. The Labute approximate surface area is 207 Å². The number of hydrogen-bond acceptors (Lipinski definition) is 6. The van der Waals surface area contributed by atoms with Crippen molar-refractivity contribution in [2.45, 2.75) is 15.8 Å². The molecule has 0 amide bonds. The molecule has 0 bridgehead atoms. The molecule has 0 saturated carbocycles. The molecule has 1 heterocycles. The van der Waals surface area contributed by atoms with Crippen LogP contribution >= 0.6 is 11.8 Å². The lowest BCUT2D eigenvalue weighted by Crippen LogP contribution is -2.22. The van der Waals surface area contributed by atoms with Crippen molar-refractivity contribution in [3.8, 4) is 11.4 Å². The van der Waals surface area contributed by atoms with E-state index in [0.717, 1.165) is 5.56 Å². The summed E-state index contributed by atoms with van der Waals surface area (Å²) >= 11 is 1.46. The van der Waals surface area contributed by atoms with Crippen LogP contribution in [0.2, 0.25) is 0 Å². The van der Waals surface area contributed by atoms with E-state index in [1.54, 1.807) is 28.8 Å². The summed E-state index contributed by atoms with van der Waals surface area (Å²) in [6.07, 6.45) is 0. The van der Waals surface area contributed by atoms with Crippen LogP contribution in [0.5, 0.6) is 5.75 Å². The summed E-state index contributed by atoms with van der Waals surface area (Å²) < 4.78 is 32.2. The third-order valence-corrected chi connectivity index (χ3v) is 7.54. The molecule has 0 saturated heterocycles. The Morgan fingerprint density at radius 1 is 0.800 bits per heavy atom. The van der Waals surface area contributed by atoms with Crippen molar-refractivity contribution >= 4 is 32.8 Å². The second-order valence-electron chi connectivity index (χ2n) is 7.67. The molecule has 0 spiro atoms. The van der Waals surface area contributed by atoms with E-state index in [-0.39, 0.29) is 21.6 Å². The topological polar surface area (TPSA) is 78.3 Å². The Balaban J connectivity index is 1.58. The molecule has 0 fully saturated rings. The molecular weight excluding hydrogens is 480 g/mol. The van der Waals surface area contributed by atoms with E-state index < -0.39 is 10.1 Å². The molecule has 5 rings (SSSR count). The second-order valence-corrected chi connectivity index (χ2v) is 10.2. The smallest absolute Gasteiger partial charge is 0.339 e. The summed E-state index contributed by atoms with van der Waals surface area (Å²) in [5.74, 6) is 0.687. The number of para-hydroxylation sites is 1. The van der Waals surface area contributed by atoms with Gasteiger partial charge in [0, 0.05) is 5.75 Å². The van der Waals surface area contributed by atoms with Crippen LogP contribution in [0.15, 0.2) is 124 Å². The molecule has 1 aromatic heterocycles. The fraction of sp³-hybridized carbons (Fsp3) is 0.0370. The van der Waals surface area contributed by atoms with Crippen LogP contribution in [-0.2, 0) is 15.9 Å². The number of rotatable bonds is 7. The van der Waals surface area contributed by atoms with Crippen molar-refractivity contribution in [3.05, 3.63) is 125 Å². The highest BCUT2D eigenvalue weighted by atomic mass is 32.2. The molecule has 4 aromatic carbocycles. The van der Waals surface area contributed by atoms with E-state index in [1.807, 2.05) is 60.7 Å². The quantitative estimate of drug-likeness (QED) is 0.168. The fourth-order valence-corrected chi connectivity index (χ4v) is 5.49. The average molecular weight is 501 g/mol.